The second-order valence-corrected chi connectivity index (χ2v) is 5.01. The Balaban J connectivity index is 1.75. The highest BCUT2D eigenvalue weighted by Crippen LogP contribution is 2.06. The predicted octanol–water partition coefficient (Wildman–Crippen LogP) is 2.10. The molecule has 0 spiro atoms. The highest BCUT2D eigenvalue weighted by atomic mass is 16.4. The van der Waals surface area contributed by atoms with Crippen LogP contribution in [0.25, 0.3) is 0 Å². The Labute approximate surface area is 123 Å². The standard InChI is InChI=1S/C15H20N4O2/c20-15(21)9-5-2-6-12-19-14(16-17-18-19)11-10-13-7-3-1-4-8-13/h1,3-4,7-8H,2,5-6,9-12H2,(H,20,21). The van der Waals surface area contributed by atoms with E-state index in [-0.39, 0.29) is 6.42 Å². The third-order valence-corrected chi connectivity index (χ3v) is 3.35. The van der Waals surface area contributed by atoms with Gasteiger partial charge in [-0.3, -0.25) is 4.79 Å². The van der Waals surface area contributed by atoms with Gasteiger partial charge < -0.3 is 5.11 Å². The van der Waals surface area contributed by atoms with Crippen LogP contribution in [0, 0.1) is 0 Å². The van der Waals surface area contributed by atoms with Gasteiger partial charge in [-0.25, -0.2) is 4.68 Å². The van der Waals surface area contributed by atoms with E-state index in [4.69, 9.17) is 5.11 Å². The molecular formula is C15H20N4O2. The van der Waals surface area contributed by atoms with Crippen LogP contribution in [0.5, 0.6) is 0 Å². The molecule has 0 unspecified atom stereocenters. The van der Waals surface area contributed by atoms with Crippen LogP contribution in [0.4, 0.5) is 0 Å². The van der Waals surface area contributed by atoms with E-state index in [1.54, 1.807) is 0 Å². The fraction of sp³-hybridized carbons (Fsp3) is 0.467. The highest BCUT2D eigenvalue weighted by Gasteiger charge is 2.06. The smallest absolute Gasteiger partial charge is 0.303 e. The number of benzene rings is 1. The molecule has 0 fully saturated rings. The minimum atomic E-state index is -0.735. The molecule has 2 aromatic rings. The van der Waals surface area contributed by atoms with Gasteiger partial charge in [0.15, 0.2) is 5.82 Å². The SMILES string of the molecule is O=C(O)CCCCCn1nnnc1CCc1ccccc1. The number of hydrogen-bond donors (Lipinski definition) is 1. The molecule has 0 saturated heterocycles. The van der Waals surface area contributed by atoms with E-state index in [9.17, 15) is 4.79 Å². The minimum absolute atomic E-state index is 0.233. The summed E-state index contributed by atoms with van der Waals surface area (Å²) in [4.78, 5) is 10.4. The van der Waals surface area contributed by atoms with Crippen LogP contribution >= 0.6 is 0 Å². The van der Waals surface area contributed by atoms with Crippen molar-refractivity contribution in [2.45, 2.75) is 45.1 Å². The molecule has 6 heteroatoms. The molecule has 112 valence electrons. The number of carboxylic acids is 1. The largest absolute Gasteiger partial charge is 0.481 e. The molecule has 0 aliphatic heterocycles. The zero-order valence-electron chi connectivity index (χ0n) is 12.0. The van der Waals surface area contributed by atoms with E-state index >= 15 is 0 Å². The van der Waals surface area contributed by atoms with Crippen LogP contribution in [0.2, 0.25) is 0 Å². The number of tetrazole rings is 1. The van der Waals surface area contributed by atoms with E-state index in [0.717, 1.165) is 38.1 Å². The summed E-state index contributed by atoms with van der Waals surface area (Å²) in [7, 11) is 0. The van der Waals surface area contributed by atoms with Crippen LogP contribution in [-0.2, 0) is 24.2 Å². The lowest BCUT2D eigenvalue weighted by Crippen LogP contribution is -2.07. The van der Waals surface area contributed by atoms with Gasteiger partial charge in [0, 0.05) is 19.4 Å². The maximum atomic E-state index is 10.4. The Kier molecular flexibility index (Phi) is 5.87. The van der Waals surface area contributed by atoms with Gasteiger partial charge >= 0.3 is 5.97 Å². The summed E-state index contributed by atoms with van der Waals surface area (Å²) in [5, 5.41) is 20.4. The molecule has 0 radical (unpaired) electrons. The number of aryl methyl sites for hydroxylation is 3. The minimum Gasteiger partial charge on any atom is -0.481 e. The summed E-state index contributed by atoms with van der Waals surface area (Å²) in [5.41, 5.74) is 1.27. The molecule has 0 saturated carbocycles. The number of rotatable bonds is 9. The van der Waals surface area contributed by atoms with Crippen molar-refractivity contribution in [3.05, 3.63) is 41.7 Å². The first-order valence-electron chi connectivity index (χ1n) is 7.26. The summed E-state index contributed by atoms with van der Waals surface area (Å²) in [6.07, 6.45) is 4.45. The normalized spacial score (nSPS) is 10.7. The summed E-state index contributed by atoms with van der Waals surface area (Å²) >= 11 is 0. The van der Waals surface area contributed by atoms with Crippen LogP contribution in [-0.4, -0.2) is 31.3 Å². The molecule has 6 nitrogen and oxygen atoms in total. The molecule has 0 bridgehead atoms. The quantitative estimate of drug-likeness (QED) is 0.715. The molecule has 0 aliphatic carbocycles. The van der Waals surface area contributed by atoms with Crippen molar-refractivity contribution >= 4 is 5.97 Å². The summed E-state index contributed by atoms with van der Waals surface area (Å²) in [6.45, 7) is 0.747. The van der Waals surface area contributed by atoms with E-state index in [2.05, 4.69) is 27.7 Å². The van der Waals surface area contributed by atoms with Crippen molar-refractivity contribution in [1.82, 2.24) is 20.2 Å². The topological polar surface area (TPSA) is 80.9 Å². The van der Waals surface area contributed by atoms with Gasteiger partial charge in [0.05, 0.1) is 0 Å². The highest BCUT2D eigenvalue weighted by molar-refractivity contribution is 5.66. The summed E-state index contributed by atoms with van der Waals surface area (Å²) in [5.74, 6) is 0.151. The lowest BCUT2D eigenvalue weighted by atomic mass is 10.1. The molecule has 21 heavy (non-hydrogen) atoms. The Morgan fingerprint density at radius 3 is 2.67 bits per heavy atom. The monoisotopic (exact) mass is 288 g/mol. The van der Waals surface area contributed by atoms with E-state index < -0.39 is 5.97 Å². The van der Waals surface area contributed by atoms with Gasteiger partial charge in [0.2, 0.25) is 0 Å². The van der Waals surface area contributed by atoms with Crippen molar-refractivity contribution in [2.24, 2.45) is 0 Å². The maximum absolute atomic E-state index is 10.4. The van der Waals surface area contributed by atoms with Crippen LogP contribution < -0.4 is 0 Å². The summed E-state index contributed by atoms with van der Waals surface area (Å²) < 4.78 is 1.82. The first-order chi connectivity index (χ1) is 10.3. The van der Waals surface area contributed by atoms with Crippen molar-refractivity contribution in [2.75, 3.05) is 0 Å². The number of carboxylic acid groups (broad SMARTS) is 1. The van der Waals surface area contributed by atoms with E-state index in [1.807, 2.05) is 22.9 Å². The van der Waals surface area contributed by atoms with E-state index in [0.29, 0.717) is 6.42 Å². The van der Waals surface area contributed by atoms with Gasteiger partial charge in [-0.2, -0.15) is 0 Å². The first kappa shape index (κ1) is 15.2. The Morgan fingerprint density at radius 1 is 1.10 bits per heavy atom. The number of aliphatic carboxylic acids is 1. The molecule has 0 aliphatic rings. The number of hydrogen-bond acceptors (Lipinski definition) is 4. The van der Waals surface area contributed by atoms with Crippen LogP contribution in [0.15, 0.2) is 30.3 Å². The molecule has 1 aromatic heterocycles. The molecule has 1 N–H and O–H groups in total. The fourth-order valence-corrected chi connectivity index (χ4v) is 2.19. The van der Waals surface area contributed by atoms with E-state index in [1.165, 1.54) is 5.56 Å². The Bertz CT molecular complexity index is 554. The fourth-order valence-electron chi connectivity index (χ4n) is 2.19. The molecule has 1 aromatic carbocycles. The Hall–Kier alpha value is -2.24. The second kappa shape index (κ2) is 8.14. The molecule has 0 atom stereocenters. The average molecular weight is 288 g/mol. The third-order valence-electron chi connectivity index (χ3n) is 3.35. The number of aromatic nitrogens is 4. The van der Waals surface area contributed by atoms with Crippen molar-refractivity contribution < 1.29 is 9.90 Å². The van der Waals surface area contributed by atoms with Crippen LogP contribution in [0.1, 0.15) is 37.1 Å². The lowest BCUT2D eigenvalue weighted by molar-refractivity contribution is -0.137. The van der Waals surface area contributed by atoms with Crippen molar-refractivity contribution in [3.8, 4) is 0 Å². The molecule has 1 heterocycles. The zero-order valence-corrected chi connectivity index (χ0v) is 12.0. The number of nitrogens with zero attached hydrogens (tertiary/aromatic N) is 4. The zero-order chi connectivity index (χ0) is 14.9. The van der Waals surface area contributed by atoms with Gasteiger partial charge in [-0.1, -0.05) is 36.8 Å². The summed E-state index contributed by atoms with van der Waals surface area (Å²) in [6, 6.07) is 10.3. The van der Waals surface area contributed by atoms with Gasteiger partial charge in [0.25, 0.3) is 0 Å². The number of unbranched alkanes of at least 4 members (excludes halogenated alkanes) is 2. The van der Waals surface area contributed by atoms with Crippen LogP contribution in [0.3, 0.4) is 0 Å². The van der Waals surface area contributed by atoms with Crippen molar-refractivity contribution in [3.63, 3.8) is 0 Å². The average Bonchev–Trinajstić information content (AvgIpc) is 2.93. The Morgan fingerprint density at radius 2 is 1.90 bits per heavy atom. The van der Waals surface area contributed by atoms with Crippen molar-refractivity contribution in [1.29, 1.82) is 0 Å². The predicted molar refractivity (Wildman–Crippen MR) is 77.8 cm³/mol. The molecule has 0 amide bonds. The maximum Gasteiger partial charge on any atom is 0.303 e. The molecule has 2 rings (SSSR count). The number of carbonyl (C=O) groups is 1. The van der Waals surface area contributed by atoms with Gasteiger partial charge in [0.1, 0.15) is 0 Å². The molecular weight excluding hydrogens is 268 g/mol. The lowest BCUT2D eigenvalue weighted by Gasteiger charge is -2.04. The van der Waals surface area contributed by atoms with Gasteiger partial charge in [-0.15, -0.1) is 5.10 Å². The first-order valence-corrected chi connectivity index (χ1v) is 7.26. The van der Waals surface area contributed by atoms with Gasteiger partial charge in [-0.05, 0) is 35.3 Å². The second-order valence-electron chi connectivity index (χ2n) is 5.01. The third kappa shape index (κ3) is 5.33.